The molecule has 0 aliphatic carbocycles. The summed E-state index contributed by atoms with van der Waals surface area (Å²) >= 11 is 0. The van der Waals surface area contributed by atoms with Crippen LogP contribution >= 0.6 is 0 Å². The van der Waals surface area contributed by atoms with Crippen molar-refractivity contribution in [3.63, 3.8) is 0 Å². The minimum Gasteiger partial charge on any atom is -0.461 e. The monoisotopic (exact) mass is 1710 g/mol. The number of aliphatic hydroxyl groups excluding tert-OH is 3. The number of esters is 4. The predicted octanol–water partition coefficient (Wildman–Crippen LogP) is 22.5. The molecule has 0 aromatic carbocycles. The lowest BCUT2D eigenvalue weighted by Crippen LogP contribution is -2.49. The van der Waals surface area contributed by atoms with Gasteiger partial charge in [0.25, 0.3) is 0 Å². The topological polar surface area (TPSA) is 230 Å². The van der Waals surface area contributed by atoms with Crippen molar-refractivity contribution in [1.82, 2.24) is 0 Å². The first kappa shape index (κ1) is 117. The van der Waals surface area contributed by atoms with E-state index in [1.54, 1.807) is 46.7 Å². The number of carbonyl (C=O) groups excluding carboxylic acids is 4. The molecule has 21 heteroatoms. The second-order valence-electron chi connectivity index (χ2n) is 36.3. The highest BCUT2D eigenvalue weighted by atomic mass is 28.4. The fourth-order valence-electron chi connectivity index (χ4n) is 11.6. The maximum atomic E-state index is 11.9. The molecule has 0 saturated carbocycles. The van der Waals surface area contributed by atoms with E-state index in [1.165, 1.54) is 12.2 Å². The molecule has 0 aromatic heterocycles. The second kappa shape index (κ2) is 61.7. The smallest absolute Gasteiger partial charge is 0.330 e. The van der Waals surface area contributed by atoms with Gasteiger partial charge in [0, 0.05) is 77.1 Å². The first-order valence-electron chi connectivity index (χ1n) is 42.7. The quantitative estimate of drug-likeness (QED) is 0.0132. The van der Waals surface area contributed by atoms with E-state index in [-0.39, 0.29) is 131 Å². The van der Waals surface area contributed by atoms with E-state index in [2.05, 4.69) is 180 Å². The van der Waals surface area contributed by atoms with E-state index >= 15 is 0 Å². The maximum Gasteiger partial charge on any atom is 0.330 e. The fourth-order valence-corrected chi connectivity index (χ4v) is 15.8. The molecule has 2 aliphatic heterocycles. The normalized spacial score (nSPS) is 22.9. The van der Waals surface area contributed by atoms with Crippen molar-refractivity contribution in [2.75, 3.05) is 61.5 Å². The SMILES string of the molecule is C=CC(C)[C@@H](O[Si](C)(C)C(C)(C)C)[C@H](C)/C=C(/C)CO.C=CCC/C=C/C(=O)OC/C(C)=C\[C@@H](C)[C@H](O[Si](C)(C)C(C)(C)C)[C@H](C=C)OC.C=CCCCCC(=O)OC/C(C)=C\[C@@H](C)[C@H](O[Si](C)(C)C(C)(C)C)[C@H](C=C)OC.CO[C@H]1/C=C/CC/C=C/C(=O)OC/C(C)=C\[C@@H](C)[C@@H]1O.CO[C@H]1/C=C/CCCCC(=O)OC/C(C)=C\[C@@H](C)[C@@H]1O. The minimum absolute atomic E-state index is 0.0637. The van der Waals surface area contributed by atoms with Crippen LogP contribution in [0.1, 0.15) is 216 Å². The van der Waals surface area contributed by atoms with Crippen LogP contribution in [0.15, 0.2) is 170 Å². The van der Waals surface area contributed by atoms with Crippen molar-refractivity contribution < 1.29 is 85.7 Å². The third-order valence-electron chi connectivity index (χ3n) is 22.1. The van der Waals surface area contributed by atoms with Crippen LogP contribution in [0.25, 0.3) is 0 Å². The van der Waals surface area contributed by atoms with Gasteiger partial charge in [-0.1, -0.05) is 207 Å². The molecule has 0 fully saturated rings. The highest BCUT2D eigenvalue weighted by Crippen LogP contribution is 2.42. The Morgan fingerprint density at radius 3 is 1.38 bits per heavy atom. The molecule has 2 rings (SSSR count). The molecule has 3 N–H and O–H groups in total. The number of carbonyl (C=O) groups is 4. The zero-order valence-corrected chi connectivity index (χ0v) is 82.6. The van der Waals surface area contributed by atoms with Gasteiger partial charge in [0.2, 0.25) is 0 Å². The fraction of sp³-hybridized carbons (Fsp3) is 0.670. The Labute approximate surface area is 722 Å². The number of hydrogen-bond acceptors (Lipinski definition) is 18. The maximum absolute atomic E-state index is 11.9. The molecule has 0 aromatic rings. The number of unbranched alkanes of at least 4 members (excludes halogenated alkanes) is 3. The van der Waals surface area contributed by atoms with Gasteiger partial charge in [-0.05, 0) is 187 Å². The first-order valence-corrected chi connectivity index (χ1v) is 51.4. The Kier molecular flexibility index (Phi) is 61.0. The summed E-state index contributed by atoms with van der Waals surface area (Å²) in [4.78, 5) is 46.6. The summed E-state index contributed by atoms with van der Waals surface area (Å²) in [5, 5.41) is 30.2. The van der Waals surface area contributed by atoms with Gasteiger partial charge in [-0.2, -0.15) is 0 Å². The largest absolute Gasteiger partial charge is 0.461 e. The standard InChI is InChI=1S/C24H44O4Si.C24H42O4Si.C17H34O2Si.C16H26O4.C16H24O4/c2*1-11-13-14-15-16-22(25)27-18-19(3)17-20(4)23(21(12-2)26-8)28-29(9,10)24(5,6)7;1-10-14(3)16(15(4)11-13(2)12-18)19-20(8,9)17(5,6)7;2*1-12-10-13(2)16(18)14(19-3)8-6-4-5-7-9-15(17)20-11-12/h11-12,17,20-21,23H,1-2,13-16,18H2,3-10H3;11-12,15-17,20-21,23H,1-2,13-14,18H2,3-10H3;10-11,14-16,18H,1,12H2,2-9H3;6,8,10,13-14,16,18H,4-5,7,9,11H2,1-3H3;6-10,13-14,16,18H,4-5,11H2,1-3H3/b19-17-;16-15+,19-17-;13-11-;8-6+,12-10-;8-6+,9-7+,12-10-/t2*20-,21+,23+;14?,15-,16-;2*13-,14+,16+/m11111/s1. The van der Waals surface area contributed by atoms with Gasteiger partial charge in [0.15, 0.2) is 25.0 Å². The molecular weight excluding hydrogens is 1540 g/mol. The van der Waals surface area contributed by atoms with Crippen LogP contribution in [-0.4, -0.2) is 181 Å². The van der Waals surface area contributed by atoms with Gasteiger partial charge in [-0.25, -0.2) is 9.59 Å². The minimum atomic E-state index is -1.99. The van der Waals surface area contributed by atoms with Crippen LogP contribution in [0.5, 0.6) is 0 Å². The summed E-state index contributed by atoms with van der Waals surface area (Å²) in [6.07, 6.45) is 40.8. The van der Waals surface area contributed by atoms with Crippen molar-refractivity contribution in [3.8, 4) is 0 Å². The van der Waals surface area contributed by atoms with E-state index in [9.17, 15) is 34.5 Å². The van der Waals surface area contributed by atoms with Gasteiger partial charge in [-0.15, -0.1) is 32.9 Å². The molecule has 0 radical (unpaired) electrons. The molecule has 2 heterocycles. The van der Waals surface area contributed by atoms with Crippen LogP contribution in [0.3, 0.4) is 0 Å². The Hall–Kier alpha value is -5.51. The molecule has 2 aliphatic rings. The molecule has 0 spiro atoms. The van der Waals surface area contributed by atoms with Gasteiger partial charge < -0.3 is 66.5 Å². The number of rotatable bonds is 36. The Balaban J connectivity index is -0.00000142. The van der Waals surface area contributed by atoms with E-state index in [0.717, 1.165) is 92.1 Å². The number of ether oxygens (including phenoxy) is 8. The van der Waals surface area contributed by atoms with Gasteiger partial charge in [0.05, 0.1) is 37.1 Å². The van der Waals surface area contributed by atoms with Crippen LogP contribution in [-0.2, 0) is 70.4 Å². The summed E-state index contributed by atoms with van der Waals surface area (Å²) < 4.78 is 63.0. The molecule has 15 atom stereocenters. The summed E-state index contributed by atoms with van der Waals surface area (Å²) in [7, 11) is 0.769. The molecule has 18 nitrogen and oxygen atoms in total. The van der Waals surface area contributed by atoms with E-state index < -0.39 is 37.2 Å². The lowest BCUT2D eigenvalue weighted by Gasteiger charge is -2.42. The third kappa shape index (κ3) is 50.2. The number of aliphatic hydroxyl groups is 3. The van der Waals surface area contributed by atoms with Crippen molar-refractivity contribution >= 4 is 48.8 Å². The van der Waals surface area contributed by atoms with E-state index in [1.807, 2.05) is 109 Å². The van der Waals surface area contributed by atoms with Crippen molar-refractivity contribution in [2.45, 2.75) is 325 Å². The Morgan fingerprint density at radius 2 is 0.966 bits per heavy atom. The van der Waals surface area contributed by atoms with Crippen molar-refractivity contribution in [2.24, 2.45) is 35.5 Å². The highest BCUT2D eigenvalue weighted by Gasteiger charge is 2.44. The van der Waals surface area contributed by atoms with Crippen LogP contribution in [0.4, 0.5) is 0 Å². The zero-order chi connectivity index (χ0) is 91.4. The van der Waals surface area contributed by atoms with Crippen LogP contribution < -0.4 is 0 Å². The molecule has 678 valence electrons. The molecule has 0 saturated heterocycles. The molecular formula is C97H170O18Si3. The zero-order valence-electron chi connectivity index (χ0n) is 79.6. The lowest BCUT2D eigenvalue weighted by atomic mass is 9.92. The van der Waals surface area contributed by atoms with Gasteiger partial charge in [-0.3, -0.25) is 9.59 Å². The number of cyclic esters (lactones) is 2. The highest BCUT2D eigenvalue weighted by molar-refractivity contribution is 6.75. The summed E-state index contributed by atoms with van der Waals surface area (Å²) in [5.41, 5.74) is 4.85. The van der Waals surface area contributed by atoms with E-state index in [4.69, 9.17) is 51.2 Å². The predicted molar refractivity (Wildman–Crippen MR) is 499 cm³/mol. The number of hydrogen-bond donors (Lipinski definition) is 3. The van der Waals surface area contributed by atoms with Crippen LogP contribution in [0, 0.1) is 35.5 Å². The lowest BCUT2D eigenvalue weighted by molar-refractivity contribution is -0.143. The first-order chi connectivity index (χ1) is 54.8. The van der Waals surface area contributed by atoms with E-state index in [0.29, 0.717) is 32.0 Å². The van der Waals surface area contributed by atoms with Gasteiger partial charge in [0.1, 0.15) is 50.8 Å². The summed E-state index contributed by atoms with van der Waals surface area (Å²) in [5.74, 6) is -0.372. The molecule has 0 bridgehead atoms. The molecule has 0 amide bonds. The summed E-state index contributed by atoms with van der Waals surface area (Å²) in [6, 6.07) is 0. The van der Waals surface area contributed by atoms with Crippen LogP contribution in [0.2, 0.25) is 54.4 Å². The number of allylic oxidation sites excluding steroid dienone is 6. The molecule has 1 unspecified atom stereocenters. The van der Waals surface area contributed by atoms with Gasteiger partial charge >= 0.3 is 23.9 Å². The number of methoxy groups -OCH3 is 4. The van der Waals surface area contributed by atoms with Crippen molar-refractivity contribution in [3.05, 3.63) is 170 Å². The Morgan fingerprint density at radius 1 is 0.551 bits per heavy atom. The summed E-state index contributed by atoms with van der Waals surface area (Å²) in [6.45, 7) is 76.1. The third-order valence-corrected chi connectivity index (χ3v) is 35.6. The Bertz CT molecular complexity index is 3180. The average molecular weight is 1710 g/mol. The molecule has 118 heavy (non-hydrogen) atoms. The van der Waals surface area contributed by atoms with Crippen molar-refractivity contribution in [1.29, 1.82) is 0 Å². The average Bonchev–Trinajstić information content (AvgIpc) is 0.825. The second-order valence-corrected chi connectivity index (χ2v) is 50.6.